The van der Waals surface area contributed by atoms with E-state index in [1.54, 1.807) is 24.4 Å². The minimum Gasteiger partial charge on any atom is -0.356 e. The number of sulfonamides is 1. The van der Waals surface area contributed by atoms with Crippen LogP contribution in [0.1, 0.15) is 23.6 Å². The normalized spacial score (nSPS) is 11.9. The van der Waals surface area contributed by atoms with Gasteiger partial charge in [-0.2, -0.15) is 0 Å². The molecule has 0 bridgehead atoms. The van der Waals surface area contributed by atoms with E-state index in [4.69, 9.17) is 0 Å². The molecule has 0 saturated heterocycles. The van der Waals surface area contributed by atoms with Gasteiger partial charge < -0.3 is 14.5 Å². The van der Waals surface area contributed by atoms with Gasteiger partial charge in [-0.3, -0.25) is 4.79 Å². The smallest absolute Gasteiger partial charge is 0.242 e. The van der Waals surface area contributed by atoms with Crippen LogP contribution in [0.2, 0.25) is 0 Å². The molecule has 9 nitrogen and oxygen atoms in total. The number of carbonyl (C=O) groups excluding carboxylic acids is 1. The lowest BCUT2D eigenvalue weighted by molar-refractivity contribution is -0.121. The summed E-state index contributed by atoms with van der Waals surface area (Å²) in [6, 6.07) is 15.1. The molecule has 2 aromatic carbocycles. The van der Waals surface area contributed by atoms with E-state index in [0.717, 1.165) is 23.7 Å². The fourth-order valence-electron chi connectivity index (χ4n) is 3.94. The summed E-state index contributed by atoms with van der Waals surface area (Å²) in [6.07, 6.45) is 5.11. The van der Waals surface area contributed by atoms with Gasteiger partial charge in [0.05, 0.1) is 15.9 Å². The molecule has 0 aliphatic rings. The predicted molar refractivity (Wildman–Crippen MR) is 134 cm³/mol. The number of carbonyl (C=O) groups is 1. The predicted octanol–water partition coefficient (Wildman–Crippen LogP) is 2.36. The Morgan fingerprint density at radius 1 is 1.06 bits per heavy atom. The Kier molecular flexibility index (Phi) is 7.32. The Morgan fingerprint density at radius 2 is 1.83 bits per heavy atom. The second-order valence-corrected chi connectivity index (χ2v) is 10.7. The molecule has 0 aliphatic carbocycles. The standard InChI is InChI=1S/C25H30N6O3S/c1-29(2)35(33,34)20-9-10-22-21(17-20)28-24(30(22)3)11-12-25(32)27-14-13-23-26-15-16-31(23)18-19-7-5-4-6-8-19/h4-10,15-17H,11-14,18H2,1-3H3,(H,27,32). The molecule has 0 spiro atoms. The highest BCUT2D eigenvalue weighted by Crippen LogP contribution is 2.21. The van der Waals surface area contributed by atoms with E-state index in [9.17, 15) is 13.2 Å². The number of fused-ring (bicyclic) bond motifs is 1. The first-order chi connectivity index (χ1) is 16.8. The van der Waals surface area contributed by atoms with Crippen LogP contribution in [0, 0.1) is 0 Å². The summed E-state index contributed by atoms with van der Waals surface area (Å²) >= 11 is 0. The van der Waals surface area contributed by atoms with E-state index in [1.165, 1.54) is 24.0 Å². The third kappa shape index (κ3) is 5.60. The van der Waals surface area contributed by atoms with Crippen molar-refractivity contribution in [1.82, 2.24) is 28.7 Å². The number of benzene rings is 2. The van der Waals surface area contributed by atoms with Crippen molar-refractivity contribution in [1.29, 1.82) is 0 Å². The second-order valence-electron chi connectivity index (χ2n) is 8.58. The molecule has 4 aromatic rings. The van der Waals surface area contributed by atoms with E-state index in [-0.39, 0.29) is 10.8 Å². The molecule has 10 heteroatoms. The number of hydrogen-bond donors (Lipinski definition) is 1. The highest BCUT2D eigenvalue weighted by atomic mass is 32.2. The van der Waals surface area contributed by atoms with E-state index < -0.39 is 10.0 Å². The molecule has 1 amide bonds. The van der Waals surface area contributed by atoms with E-state index in [2.05, 4.69) is 32.0 Å². The molecule has 0 saturated carbocycles. The molecule has 0 fully saturated rings. The SMILES string of the molecule is CN(C)S(=O)(=O)c1ccc2c(c1)nc(CCC(=O)NCCc1nccn1Cc1ccccc1)n2C. The van der Waals surface area contributed by atoms with Crippen molar-refractivity contribution in [2.45, 2.75) is 30.7 Å². The zero-order valence-corrected chi connectivity index (χ0v) is 21.0. The first kappa shape index (κ1) is 24.6. The Balaban J connectivity index is 1.32. The largest absolute Gasteiger partial charge is 0.356 e. The summed E-state index contributed by atoms with van der Waals surface area (Å²) in [7, 11) is 1.33. The molecule has 0 aliphatic heterocycles. The van der Waals surface area contributed by atoms with Gasteiger partial charge in [-0.1, -0.05) is 30.3 Å². The lowest BCUT2D eigenvalue weighted by atomic mass is 10.2. The van der Waals surface area contributed by atoms with Gasteiger partial charge in [0, 0.05) is 65.9 Å². The van der Waals surface area contributed by atoms with Crippen LogP contribution in [0.15, 0.2) is 65.8 Å². The number of aromatic nitrogens is 4. The Hall–Kier alpha value is -3.50. The van der Waals surface area contributed by atoms with Crippen LogP contribution >= 0.6 is 0 Å². The lowest BCUT2D eigenvalue weighted by Gasteiger charge is -2.10. The minimum absolute atomic E-state index is 0.0610. The molecule has 35 heavy (non-hydrogen) atoms. The van der Waals surface area contributed by atoms with Crippen molar-refractivity contribution in [3.05, 3.63) is 78.1 Å². The fraction of sp³-hybridized carbons (Fsp3) is 0.320. The van der Waals surface area contributed by atoms with Crippen LogP contribution in [0.25, 0.3) is 11.0 Å². The summed E-state index contributed by atoms with van der Waals surface area (Å²) in [5.41, 5.74) is 2.61. The van der Waals surface area contributed by atoms with Gasteiger partial charge in [-0.05, 0) is 23.8 Å². The van der Waals surface area contributed by atoms with E-state index in [0.29, 0.717) is 31.3 Å². The lowest BCUT2D eigenvalue weighted by Crippen LogP contribution is -2.27. The van der Waals surface area contributed by atoms with Crippen LogP contribution < -0.4 is 5.32 Å². The molecule has 0 unspecified atom stereocenters. The summed E-state index contributed by atoms with van der Waals surface area (Å²) in [5, 5.41) is 2.96. The Morgan fingerprint density at radius 3 is 2.57 bits per heavy atom. The van der Waals surface area contributed by atoms with E-state index >= 15 is 0 Å². The van der Waals surface area contributed by atoms with Gasteiger partial charge in [0.25, 0.3) is 0 Å². The van der Waals surface area contributed by atoms with E-state index in [1.807, 2.05) is 36.0 Å². The van der Waals surface area contributed by atoms with Crippen LogP contribution in [0.4, 0.5) is 0 Å². The van der Waals surface area contributed by atoms with Crippen LogP contribution in [-0.4, -0.2) is 58.4 Å². The van der Waals surface area contributed by atoms with Crippen molar-refractivity contribution in [2.24, 2.45) is 7.05 Å². The van der Waals surface area contributed by atoms with Crippen molar-refractivity contribution >= 4 is 27.0 Å². The van der Waals surface area contributed by atoms with Gasteiger partial charge in [-0.25, -0.2) is 22.7 Å². The topological polar surface area (TPSA) is 102 Å². The monoisotopic (exact) mass is 494 g/mol. The minimum atomic E-state index is -3.53. The highest BCUT2D eigenvalue weighted by molar-refractivity contribution is 7.89. The van der Waals surface area contributed by atoms with Crippen molar-refractivity contribution < 1.29 is 13.2 Å². The summed E-state index contributed by atoms with van der Waals surface area (Å²) in [5.74, 6) is 1.59. The van der Waals surface area contributed by atoms with Crippen molar-refractivity contribution in [3.8, 4) is 0 Å². The zero-order chi connectivity index (χ0) is 25.0. The first-order valence-electron chi connectivity index (χ1n) is 11.4. The molecule has 2 aromatic heterocycles. The molecule has 4 rings (SSSR count). The number of aryl methyl sites for hydroxylation is 2. The Bertz CT molecular complexity index is 1420. The molecule has 1 N–H and O–H groups in total. The van der Waals surface area contributed by atoms with Crippen molar-refractivity contribution in [3.63, 3.8) is 0 Å². The van der Waals surface area contributed by atoms with Gasteiger partial charge in [0.15, 0.2) is 0 Å². The average molecular weight is 495 g/mol. The van der Waals surface area contributed by atoms with Crippen LogP contribution in [0.3, 0.4) is 0 Å². The number of rotatable bonds is 10. The van der Waals surface area contributed by atoms with Gasteiger partial charge in [0.2, 0.25) is 15.9 Å². The molecule has 0 radical (unpaired) electrons. The average Bonchev–Trinajstić information content (AvgIpc) is 3.41. The van der Waals surface area contributed by atoms with Crippen LogP contribution in [0.5, 0.6) is 0 Å². The quantitative estimate of drug-likeness (QED) is 0.365. The molecular weight excluding hydrogens is 464 g/mol. The maximum Gasteiger partial charge on any atom is 0.242 e. The molecule has 0 atom stereocenters. The summed E-state index contributed by atoms with van der Waals surface area (Å²) in [4.78, 5) is 21.6. The number of imidazole rings is 2. The third-order valence-corrected chi connectivity index (χ3v) is 7.78. The highest BCUT2D eigenvalue weighted by Gasteiger charge is 2.19. The number of nitrogens with zero attached hydrogens (tertiary/aromatic N) is 5. The van der Waals surface area contributed by atoms with Gasteiger partial charge in [0.1, 0.15) is 11.6 Å². The zero-order valence-electron chi connectivity index (χ0n) is 20.2. The Labute approximate surface area is 205 Å². The third-order valence-electron chi connectivity index (χ3n) is 5.97. The second kappa shape index (κ2) is 10.4. The van der Waals surface area contributed by atoms with Crippen LogP contribution in [-0.2, 0) is 41.3 Å². The molecular formula is C25H30N6O3S. The molecule has 2 heterocycles. The van der Waals surface area contributed by atoms with Gasteiger partial charge in [-0.15, -0.1) is 0 Å². The van der Waals surface area contributed by atoms with Crippen molar-refractivity contribution in [2.75, 3.05) is 20.6 Å². The summed E-state index contributed by atoms with van der Waals surface area (Å²) < 4.78 is 30.0. The van der Waals surface area contributed by atoms with Gasteiger partial charge >= 0.3 is 0 Å². The number of amides is 1. The summed E-state index contributed by atoms with van der Waals surface area (Å²) in [6.45, 7) is 1.24. The molecule has 184 valence electrons. The first-order valence-corrected chi connectivity index (χ1v) is 12.9. The maximum atomic E-state index is 12.4. The maximum absolute atomic E-state index is 12.4. The number of hydrogen-bond acceptors (Lipinski definition) is 5. The fourth-order valence-corrected chi connectivity index (χ4v) is 4.87. The number of nitrogens with one attached hydrogen (secondary N) is 1.